The summed E-state index contributed by atoms with van der Waals surface area (Å²) in [6, 6.07) is 16.2. The van der Waals surface area contributed by atoms with Gasteiger partial charge in [0.05, 0.1) is 12.0 Å². The minimum absolute atomic E-state index is 0.287. The third kappa shape index (κ3) is 4.73. The van der Waals surface area contributed by atoms with Crippen LogP contribution in [0.3, 0.4) is 0 Å². The van der Waals surface area contributed by atoms with Crippen molar-refractivity contribution in [2.75, 3.05) is 25.7 Å². The lowest BCUT2D eigenvalue weighted by atomic mass is 10.2. The van der Waals surface area contributed by atoms with E-state index in [4.69, 9.17) is 4.74 Å². The Labute approximate surface area is 142 Å². The molecule has 2 aromatic carbocycles. The Balaban J connectivity index is 2.27. The first kappa shape index (κ1) is 17.8. The molecule has 0 N–H and O–H groups in total. The van der Waals surface area contributed by atoms with Crippen LogP contribution in [0.25, 0.3) is 0 Å². The molecule has 0 saturated heterocycles. The number of benzene rings is 2. The predicted octanol–water partition coefficient (Wildman–Crippen LogP) is 3.25. The van der Waals surface area contributed by atoms with Crippen LogP contribution in [0, 0.1) is 0 Å². The summed E-state index contributed by atoms with van der Waals surface area (Å²) in [6.07, 6.45) is 1.97. The van der Waals surface area contributed by atoms with Gasteiger partial charge in [0.2, 0.25) is 10.0 Å². The Hall–Kier alpha value is -1.50. The second-order valence-electron chi connectivity index (χ2n) is 4.99. The molecule has 0 unspecified atom stereocenters. The van der Waals surface area contributed by atoms with E-state index in [1.807, 2.05) is 36.6 Å². The fourth-order valence-corrected chi connectivity index (χ4v) is 4.11. The molecule has 0 atom stereocenters. The monoisotopic (exact) mass is 351 g/mol. The molecule has 0 aliphatic carbocycles. The molecule has 0 amide bonds. The van der Waals surface area contributed by atoms with E-state index in [0.29, 0.717) is 18.8 Å². The molecule has 0 heterocycles. The molecule has 6 heteroatoms. The highest BCUT2D eigenvalue weighted by atomic mass is 32.2. The molecule has 0 aliphatic heterocycles. The summed E-state index contributed by atoms with van der Waals surface area (Å²) in [5.74, 6) is 1.39. The van der Waals surface area contributed by atoms with Crippen molar-refractivity contribution in [3.63, 3.8) is 0 Å². The van der Waals surface area contributed by atoms with E-state index in [0.717, 1.165) is 11.3 Å². The van der Waals surface area contributed by atoms with Gasteiger partial charge in [0, 0.05) is 18.8 Å². The van der Waals surface area contributed by atoms with Crippen molar-refractivity contribution < 1.29 is 13.2 Å². The lowest BCUT2D eigenvalue weighted by molar-refractivity contribution is 0.413. The molecular formula is C17H21NO3S2. The van der Waals surface area contributed by atoms with Crippen molar-refractivity contribution in [3.05, 3.63) is 60.2 Å². The molecule has 23 heavy (non-hydrogen) atoms. The smallest absolute Gasteiger partial charge is 0.243 e. The Morgan fingerprint density at radius 1 is 1.04 bits per heavy atom. The van der Waals surface area contributed by atoms with E-state index in [9.17, 15) is 8.42 Å². The first-order valence-electron chi connectivity index (χ1n) is 7.25. The SMILES string of the molecule is COc1ccc(S(=O)(=O)N(CCSC)Cc2ccccc2)cc1. The van der Waals surface area contributed by atoms with E-state index in [2.05, 4.69) is 0 Å². The van der Waals surface area contributed by atoms with Gasteiger partial charge in [0.15, 0.2) is 0 Å². The summed E-state index contributed by atoms with van der Waals surface area (Å²) < 4.78 is 32.5. The highest BCUT2D eigenvalue weighted by Crippen LogP contribution is 2.21. The van der Waals surface area contributed by atoms with Crippen molar-refractivity contribution in [2.24, 2.45) is 0 Å². The van der Waals surface area contributed by atoms with Crippen LogP contribution < -0.4 is 4.74 Å². The molecule has 0 bridgehead atoms. The quantitative estimate of drug-likeness (QED) is 0.732. The maximum atomic E-state index is 12.9. The van der Waals surface area contributed by atoms with E-state index < -0.39 is 10.0 Å². The number of rotatable bonds is 8. The van der Waals surface area contributed by atoms with Crippen molar-refractivity contribution >= 4 is 21.8 Å². The summed E-state index contributed by atoms with van der Waals surface area (Å²) in [7, 11) is -1.97. The van der Waals surface area contributed by atoms with Gasteiger partial charge in [-0.15, -0.1) is 0 Å². The Morgan fingerprint density at radius 3 is 2.26 bits per heavy atom. The number of ether oxygens (including phenoxy) is 1. The van der Waals surface area contributed by atoms with Crippen molar-refractivity contribution in [1.82, 2.24) is 4.31 Å². The lowest BCUT2D eigenvalue weighted by Crippen LogP contribution is -2.32. The van der Waals surface area contributed by atoms with E-state index in [1.54, 1.807) is 43.1 Å². The normalized spacial score (nSPS) is 11.6. The Kier molecular flexibility index (Phi) is 6.50. The van der Waals surface area contributed by atoms with Gasteiger partial charge < -0.3 is 4.74 Å². The van der Waals surface area contributed by atoms with Crippen LogP contribution in [0.2, 0.25) is 0 Å². The largest absolute Gasteiger partial charge is 0.497 e. The van der Waals surface area contributed by atoms with E-state index in [1.165, 1.54) is 4.31 Å². The van der Waals surface area contributed by atoms with E-state index in [-0.39, 0.29) is 4.90 Å². The van der Waals surface area contributed by atoms with Gasteiger partial charge in [-0.05, 0) is 36.1 Å². The molecule has 0 radical (unpaired) electrons. The molecule has 0 aliphatic rings. The molecule has 124 valence electrons. The van der Waals surface area contributed by atoms with Crippen LogP contribution in [0.4, 0.5) is 0 Å². The summed E-state index contributed by atoms with van der Waals surface area (Å²) in [5, 5.41) is 0. The van der Waals surface area contributed by atoms with Crippen LogP contribution >= 0.6 is 11.8 Å². The van der Waals surface area contributed by atoms with Crippen LogP contribution in [-0.2, 0) is 16.6 Å². The third-order valence-corrected chi connectivity index (χ3v) is 5.89. The summed E-state index contributed by atoms with van der Waals surface area (Å²) in [6.45, 7) is 0.847. The second-order valence-corrected chi connectivity index (χ2v) is 7.92. The summed E-state index contributed by atoms with van der Waals surface area (Å²) in [5.41, 5.74) is 0.977. The van der Waals surface area contributed by atoms with Crippen LogP contribution in [0.15, 0.2) is 59.5 Å². The molecule has 2 rings (SSSR count). The first-order chi connectivity index (χ1) is 11.1. The zero-order chi connectivity index (χ0) is 16.7. The molecular weight excluding hydrogens is 330 g/mol. The number of thioether (sulfide) groups is 1. The molecule has 4 nitrogen and oxygen atoms in total. The minimum Gasteiger partial charge on any atom is -0.497 e. The third-order valence-electron chi connectivity index (χ3n) is 3.44. The number of sulfonamides is 1. The van der Waals surface area contributed by atoms with Gasteiger partial charge in [-0.2, -0.15) is 16.1 Å². The van der Waals surface area contributed by atoms with Gasteiger partial charge in [-0.3, -0.25) is 0 Å². The first-order valence-corrected chi connectivity index (χ1v) is 10.1. The van der Waals surface area contributed by atoms with Gasteiger partial charge >= 0.3 is 0 Å². The van der Waals surface area contributed by atoms with E-state index >= 15 is 0 Å². The fourth-order valence-electron chi connectivity index (χ4n) is 2.16. The Morgan fingerprint density at radius 2 is 1.70 bits per heavy atom. The molecule has 0 aromatic heterocycles. The van der Waals surface area contributed by atoms with Gasteiger partial charge in [0.1, 0.15) is 5.75 Å². The summed E-state index contributed by atoms with van der Waals surface area (Å²) >= 11 is 1.63. The van der Waals surface area contributed by atoms with Crippen LogP contribution in [0.5, 0.6) is 5.75 Å². The molecule has 0 spiro atoms. The van der Waals surface area contributed by atoms with Gasteiger partial charge in [0.25, 0.3) is 0 Å². The minimum atomic E-state index is -3.53. The predicted molar refractivity (Wildman–Crippen MR) is 95.4 cm³/mol. The van der Waals surface area contributed by atoms with Crippen molar-refractivity contribution in [3.8, 4) is 5.75 Å². The number of nitrogens with zero attached hydrogens (tertiary/aromatic N) is 1. The van der Waals surface area contributed by atoms with Gasteiger partial charge in [-0.1, -0.05) is 30.3 Å². The van der Waals surface area contributed by atoms with Crippen LogP contribution in [0.1, 0.15) is 5.56 Å². The van der Waals surface area contributed by atoms with Crippen molar-refractivity contribution in [1.29, 1.82) is 0 Å². The second kappa shape index (κ2) is 8.38. The van der Waals surface area contributed by atoms with Crippen LogP contribution in [-0.4, -0.2) is 38.4 Å². The Bertz CT molecular complexity index is 700. The van der Waals surface area contributed by atoms with Gasteiger partial charge in [-0.25, -0.2) is 8.42 Å². The standard InChI is InChI=1S/C17H21NO3S2/c1-21-16-8-10-17(11-9-16)23(19,20)18(12-13-22-2)14-15-6-4-3-5-7-15/h3-11H,12-14H2,1-2H3. The average molecular weight is 351 g/mol. The molecule has 2 aromatic rings. The maximum absolute atomic E-state index is 12.9. The number of methoxy groups -OCH3 is 1. The maximum Gasteiger partial charge on any atom is 0.243 e. The highest BCUT2D eigenvalue weighted by molar-refractivity contribution is 7.98. The summed E-state index contributed by atoms with van der Waals surface area (Å²) in [4.78, 5) is 0.287. The lowest BCUT2D eigenvalue weighted by Gasteiger charge is -2.22. The molecule has 0 fully saturated rings. The van der Waals surface area contributed by atoms with Crippen molar-refractivity contribution in [2.45, 2.75) is 11.4 Å². The zero-order valence-corrected chi connectivity index (χ0v) is 14.9. The number of hydrogen-bond acceptors (Lipinski definition) is 4. The number of hydrogen-bond donors (Lipinski definition) is 0. The molecule has 0 saturated carbocycles. The topological polar surface area (TPSA) is 46.6 Å². The fraction of sp³-hybridized carbons (Fsp3) is 0.294. The zero-order valence-electron chi connectivity index (χ0n) is 13.3. The highest BCUT2D eigenvalue weighted by Gasteiger charge is 2.24. The average Bonchev–Trinajstić information content (AvgIpc) is 2.59.